The molecular weight excluding hydrogens is 352 g/mol. The van der Waals surface area contributed by atoms with Crippen LogP contribution in [0.25, 0.3) is 11.0 Å². The SMILES string of the molecule is CCCCC(CC)CN1C(=O)c2nc3c(C)c(F)c(F)c(C)c3nc2C1=O. The van der Waals surface area contributed by atoms with Gasteiger partial charge in [-0.15, -0.1) is 0 Å². The van der Waals surface area contributed by atoms with Crippen LogP contribution < -0.4 is 0 Å². The summed E-state index contributed by atoms with van der Waals surface area (Å²) in [5, 5.41) is 0. The molecule has 1 aliphatic rings. The Kier molecular flexibility index (Phi) is 5.22. The van der Waals surface area contributed by atoms with E-state index in [1.807, 2.05) is 6.92 Å². The molecule has 1 atom stereocenters. The fraction of sp³-hybridized carbons (Fsp3) is 0.500. The van der Waals surface area contributed by atoms with Crippen molar-refractivity contribution in [3.8, 4) is 0 Å². The van der Waals surface area contributed by atoms with Gasteiger partial charge in [0.1, 0.15) is 0 Å². The number of imide groups is 1. The minimum atomic E-state index is -1.01. The van der Waals surface area contributed by atoms with Crippen LogP contribution in [-0.2, 0) is 0 Å². The number of nitrogens with zero attached hydrogens (tertiary/aromatic N) is 3. The average Bonchev–Trinajstić information content (AvgIpc) is 2.90. The van der Waals surface area contributed by atoms with Gasteiger partial charge < -0.3 is 0 Å². The number of fused-ring (bicyclic) bond motifs is 2. The van der Waals surface area contributed by atoms with Crippen molar-refractivity contribution in [2.45, 2.75) is 53.4 Å². The Morgan fingerprint density at radius 2 is 1.41 bits per heavy atom. The summed E-state index contributed by atoms with van der Waals surface area (Å²) >= 11 is 0. The van der Waals surface area contributed by atoms with Gasteiger partial charge in [-0.1, -0.05) is 33.1 Å². The van der Waals surface area contributed by atoms with E-state index in [9.17, 15) is 18.4 Å². The zero-order valence-corrected chi connectivity index (χ0v) is 16.0. The molecule has 2 heterocycles. The van der Waals surface area contributed by atoms with Gasteiger partial charge in [-0.05, 0) is 26.2 Å². The molecule has 0 aliphatic carbocycles. The largest absolute Gasteiger partial charge is 0.281 e. The van der Waals surface area contributed by atoms with Gasteiger partial charge in [-0.3, -0.25) is 14.5 Å². The van der Waals surface area contributed by atoms with E-state index in [0.717, 1.165) is 25.7 Å². The van der Waals surface area contributed by atoms with Crippen LogP contribution in [0.4, 0.5) is 8.78 Å². The monoisotopic (exact) mass is 375 g/mol. The number of aryl methyl sites for hydroxylation is 2. The molecule has 27 heavy (non-hydrogen) atoms. The Hall–Kier alpha value is -2.44. The van der Waals surface area contributed by atoms with Crippen molar-refractivity contribution in [3.63, 3.8) is 0 Å². The minimum Gasteiger partial charge on any atom is -0.271 e. The van der Waals surface area contributed by atoms with Crippen LogP contribution in [0.3, 0.4) is 0 Å². The molecule has 144 valence electrons. The second-order valence-electron chi connectivity index (χ2n) is 7.13. The molecule has 0 radical (unpaired) electrons. The molecule has 1 unspecified atom stereocenters. The summed E-state index contributed by atoms with van der Waals surface area (Å²) in [6.07, 6.45) is 3.85. The van der Waals surface area contributed by atoms with Gasteiger partial charge in [0.15, 0.2) is 23.0 Å². The van der Waals surface area contributed by atoms with Gasteiger partial charge in [0.05, 0.1) is 11.0 Å². The van der Waals surface area contributed by atoms with E-state index in [4.69, 9.17) is 0 Å². The van der Waals surface area contributed by atoms with E-state index in [-0.39, 0.29) is 39.5 Å². The maximum atomic E-state index is 14.1. The summed E-state index contributed by atoms with van der Waals surface area (Å²) in [5.74, 6) is -2.83. The zero-order valence-electron chi connectivity index (χ0n) is 16.0. The summed E-state index contributed by atoms with van der Waals surface area (Å²) in [5.41, 5.74) is 0.0445. The Balaban J connectivity index is 2.05. The quantitative estimate of drug-likeness (QED) is 0.705. The fourth-order valence-electron chi connectivity index (χ4n) is 3.48. The summed E-state index contributed by atoms with van der Waals surface area (Å²) < 4.78 is 28.1. The third-order valence-electron chi connectivity index (χ3n) is 5.34. The smallest absolute Gasteiger partial charge is 0.271 e. The molecule has 0 N–H and O–H groups in total. The molecule has 1 aromatic heterocycles. The number of hydrogen-bond acceptors (Lipinski definition) is 4. The number of hydrogen-bond donors (Lipinski definition) is 0. The van der Waals surface area contributed by atoms with Gasteiger partial charge in [0, 0.05) is 17.7 Å². The summed E-state index contributed by atoms with van der Waals surface area (Å²) in [6, 6.07) is 0. The molecule has 0 saturated carbocycles. The molecule has 0 saturated heterocycles. The second-order valence-corrected chi connectivity index (χ2v) is 7.13. The van der Waals surface area contributed by atoms with Crippen LogP contribution in [0.5, 0.6) is 0 Å². The third-order valence-corrected chi connectivity index (χ3v) is 5.34. The first-order chi connectivity index (χ1) is 12.8. The normalized spacial score (nSPS) is 15.0. The molecule has 1 aromatic carbocycles. The molecule has 0 bridgehead atoms. The predicted molar refractivity (Wildman–Crippen MR) is 97.6 cm³/mol. The van der Waals surface area contributed by atoms with E-state index in [2.05, 4.69) is 16.9 Å². The molecule has 1 aliphatic heterocycles. The standard InChI is InChI=1S/C20H23F2N3O2/c1-5-7-8-12(6-2)9-25-19(26)17-18(20(25)27)24-16-11(4)14(22)13(21)10(3)15(16)23-17/h12H,5-9H2,1-4H3. The number of halogens is 2. The molecule has 0 fully saturated rings. The first-order valence-corrected chi connectivity index (χ1v) is 9.33. The Morgan fingerprint density at radius 3 is 1.81 bits per heavy atom. The first kappa shape index (κ1) is 19.3. The molecule has 0 spiro atoms. The summed E-state index contributed by atoms with van der Waals surface area (Å²) in [6.45, 7) is 7.21. The zero-order chi connectivity index (χ0) is 19.9. The van der Waals surface area contributed by atoms with E-state index in [1.54, 1.807) is 0 Å². The average molecular weight is 375 g/mol. The van der Waals surface area contributed by atoms with Crippen molar-refractivity contribution in [1.29, 1.82) is 0 Å². The summed E-state index contributed by atoms with van der Waals surface area (Å²) in [7, 11) is 0. The lowest BCUT2D eigenvalue weighted by Gasteiger charge is -2.20. The molecule has 7 heteroatoms. The highest BCUT2D eigenvalue weighted by molar-refractivity contribution is 6.20. The van der Waals surface area contributed by atoms with Crippen LogP contribution in [0.1, 0.15) is 71.6 Å². The number of unbranched alkanes of at least 4 members (excludes halogenated alkanes) is 1. The number of carbonyl (C=O) groups is 2. The predicted octanol–water partition coefficient (Wildman–Crippen LogP) is 4.34. The minimum absolute atomic E-state index is 0.0171. The highest BCUT2D eigenvalue weighted by Crippen LogP contribution is 2.30. The van der Waals surface area contributed by atoms with Crippen molar-refractivity contribution in [3.05, 3.63) is 34.1 Å². The number of carbonyl (C=O) groups excluding carboxylic acids is 2. The first-order valence-electron chi connectivity index (χ1n) is 9.33. The van der Waals surface area contributed by atoms with Crippen LogP contribution in [-0.4, -0.2) is 33.2 Å². The third kappa shape index (κ3) is 3.09. The summed E-state index contributed by atoms with van der Waals surface area (Å²) in [4.78, 5) is 35.1. The Bertz CT molecular complexity index is 876. The lowest BCUT2D eigenvalue weighted by molar-refractivity contribution is 0.0620. The van der Waals surface area contributed by atoms with Crippen LogP contribution >= 0.6 is 0 Å². The lowest BCUT2D eigenvalue weighted by Crippen LogP contribution is -2.34. The van der Waals surface area contributed by atoms with Crippen molar-refractivity contribution in [2.75, 3.05) is 6.54 Å². The number of benzene rings is 1. The van der Waals surface area contributed by atoms with Gasteiger partial charge >= 0.3 is 0 Å². The fourth-order valence-corrected chi connectivity index (χ4v) is 3.48. The van der Waals surface area contributed by atoms with Crippen LogP contribution in [0, 0.1) is 31.4 Å². The highest BCUT2D eigenvalue weighted by atomic mass is 19.2. The number of aromatic nitrogens is 2. The Labute approximate surface area is 156 Å². The van der Waals surface area contributed by atoms with E-state index in [0.29, 0.717) is 6.54 Å². The van der Waals surface area contributed by atoms with Crippen molar-refractivity contribution in [1.82, 2.24) is 14.9 Å². The Morgan fingerprint density at radius 1 is 0.926 bits per heavy atom. The maximum absolute atomic E-state index is 14.1. The van der Waals surface area contributed by atoms with E-state index in [1.165, 1.54) is 18.7 Å². The highest BCUT2D eigenvalue weighted by Gasteiger charge is 2.40. The van der Waals surface area contributed by atoms with E-state index < -0.39 is 23.4 Å². The lowest BCUT2D eigenvalue weighted by atomic mass is 9.99. The van der Waals surface area contributed by atoms with E-state index >= 15 is 0 Å². The van der Waals surface area contributed by atoms with Crippen LogP contribution in [0.15, 0.2) is 0 Å². The molecular formula is C20H23F2N3O2. The molecule has 2 aromatic rings. The molecule has 2 amide bonds. The number of rotatable bonds is 6. The van der Waals surface area contributed by atoms with Gasteiger partial charge in [0.25, 0.3) is 11.8 Å². The van der Waals surface area contributed by atoms with Gasteiger partial charge in [-0.25, -0.2) is 18.7 Å². The van der Waals surface area contributed by atoms with Gasteiger partial charge in [0.2, 0.25) is 0 Å². The van der Waals surface area contributed by atoms with Crippen molar-refractivity contribution < 1.29 is 18.4 Å². The molecule has 3 rings (SSSR count). The second kappa shape index (κ2) is 7.29. The maximum Gasteiger partial charge on any atom is 0.281 e. The van der Waals surface area contributed by atoms with Crippen LogP contribution in [0.2, 0.25) is 0 Å². The van der Waals surface area contributed by atoms with Crippen molar-refractivity contribution in [2.24, 2.45) is 5.92 Å². The van der Waals surface area contributed by atoms with Gasteiger partial charge in [-0.2, -0.15) is 0 Å². The van der Waals surface area contributed by atoms with Crippen molar-refractivity contribution >= 4 is 22.8 Å². The molecule has 5 nitrogen and oxygen atoms in total. The number of amides is 2. The topological polar surface area (TPSA) is 63.2 Å².